The summed E-state index contributed by atoms with van der Waals surface area (Å²) in [7, 11) is 0. The van der Waals surface area contributed by atoms with Gasteiger partial charge in [-0.15, -0.1) is 0 Å². The first-order valence-corrected chi connectivity index (χ1v) is 9.19. The molecular weight excluding hydrogens is 417 g/mol. The van der Waals surface area contributed by atoms with Gasteiger partial charge >= 0.3 is 0 Å². The van der Waals surface area contributed by atoms with Crippen LogP contribution in [0.4, 0.5) is 5.69 Å². The van der Waals surface area contributed by atoms with E-state index in [4.69, 9.17) is 9.47 Å². The lowest BCUT2D eigenvalue weighted by atomic mass is 10.1. The number of carbonyl (C=O) groups excluding carboxylic acids is 1. The van der Waals surface area contributed by atoms with Gasteiger partial charge in [-0.25, -0.2) is 0 Å². The first-order valence-electron chi connectivity index (χ1n) is 8.11. The second-order valence-corrected chi connectivity index (χ2v) is 6.39. The van der Waals surface area contributed by atoms with Crippen molar-refractivity contribution < 1.29 is 14.3 Å². The zero-order valence-electron chi connectivity index (χ0n) is 14.0. The molecule has 0 aromatic heterocycles. The highest BCUT2D eigenvalue weighted by Crippen LogP contribution is 2.29. The molecule has 0 atom stereocenters. The summed E-state index contributed by atoms with van der Waals surface area (Å²) in [5.41, 5.74) is 1.34. The molecule has 5 heteroatoms. The lowest BCUT2D eigenvalue weighted by molar-refractivity contribution is 0.102. The number of benzene rings is 2. The van der Waals surface area contributed by atoms with Gasteiger partial charge in [0.15, 0.2) is 11.5 Å². The van der Waals surface area contributed by atoms with Crippen molar-refractivity contribution in [3.63, 3.8) is 0 Å². The molecule has 2 aromatic carbocycles. The molecule has 4 nitrogen and oxygen atoms in total. The number of rotatable bonds is 8. The van der Waals surface area contributed by atoms with Gasteiger partial charge in [0.1, 0.15) is 0 Å². The van der Waals surface area contributed by atoms with Crippen molar-refractivity contribution in [2.75, 3.05) is 18.5 Å². The third-order valence-corrected chi connectivity index (χ3v) is 4.32. The fraction of sp³-hybridized carbons (Fsp3) is 0.316. The second kappa shape index (κ2) is 9.52. The molecule has 24 heavy (non-hydrogen) atoms. The lowest BCUT2D eigenvalue weighted by Crippen LogP contribution is -2.13. The Morgan fingerprint density at radius 2 is 1.88 bits per heavy atom. The van der Waals surface area contributed by atoms with Crippen LogP contribution in [0.3, 0.4) is 0 Å². The van der Waals surface area contributed by atoms with Crippen LogP contribution >= 0.6 is 22.6 Å². The molecule has 0 spiro atoms. The summed E-state index contributed by atoms with van der Waals surface area (Å²) in [6.07, 6.45) is 2.06. The van der Waals surface area contributed by atoms with E-state index in [1.54, 1.807) is 18.2 Å². The van der Waals surface area contributed by atoms with Gasteiger partial charge in [-0.05, 0) is 66.3 Å². The van der Waals surface area contributed by atoms with Crippen LogP contribution in [-0.4, -0.2) is 19.1 Å². The summed E-state index contributed by atoms with van der Waals surface area (Å²) < 4.78 is 12.4. The van der Waals surface area contributed by atoms with E-state index < -0.39 is 0 Å². The molecular formula is C19H22INO3. The Kier molecular flexibility index (Phi) is 7.36. The van der Waals surface area contributed by atoms with Crippen LogP contribution in [0, 0.1) is 3.57 Å². The zero-order chi connectivity index (χ0) is 17.4. The summed E-state index contributed by atoms with van der Waals surface area (Å²) >= 11 is 2.20. The maximum Gasteiger partial charge on any atom is 0.255 e. The molecule has 0 unspecified atom stereocenters. The largest absolute Gasteiger partial charge is 0.490 e. The molecule has 0 fully saturated rings. The van der Waals surface area contributed by atoms with E-state index in [0.29, 0.717) is 30.3 Å². The Morgan fingerprint density at radius 3 is 2.58 bits per heavy atom. The molecule has 0 heterocycles. The van der Waals surface area contributed by atoms with E-state index in [0.717, 1.165) is 22.1 Å². The lowest BCUT2D eigenvalue weighted by Gasteiger charge is -2.13. The molecule has 0 aliphatic rings. The van der Waals surface area contributed by atoms with Gasteiger partial charge in [0, 0.05) is 9.13 Å². The maximum atomic E-state index is 12.5. The molecule has 128 valence electrons. The van der Waals surface area contributed by atoms with Gasteiger partial charge in [0.25, 0.3) is 5.91 Å². The molecule has 0 aliphatic carbocycles. The highest BCUT2D eigenvalue weighted by molar-refractivity contribution is 14.1. The van der Waals surface area contributed by atoms with Crippen molar-refractivity contribution in [2.24, 2.45) is 0 Å². The van der Waals surface area contributed by atoms with Crippen LogP contribution in [-0.2, 0) is 0 Å². The van der Waals surface area contributed by atoms with Crippen molar-refractivity contribution in [3.8, 4) is 11.5 Å². The fourth-order valence-corrected chi connectivity index (χ4v) is 2.64. The molecule has 1 amide bonds. The van der Waals surface area contributed by atoms with E-state index in [2.05, 4.69) is 34.8 Å². The van der Waals surface area contributed by atoms with Crippen LogP contribution in [0.2, 0.25) is 0 Å². The van der Waals surface area contributed by atoms with Crippen molar-refractivity contribution in [3.05, 3.63) is 51.6 Å². The Hall–Kier alpha value is -1.76. The van der Waals surface area contributed by atoms with Crippen molar-refractivity contribution in [1.82, 2.24) is 0 Å². The van der Waals surface area contributed by atoms with Crippen LogP contribution in [0.25, 0.3) is 0 Å². The number of nitrogens with one attached hydrogen (secondary N) is 1. The number of carbonyl (C=O) groups is 1. The number of ether oxygens (including phenoxy) is 2. The first-order chi connectivity index (χ1) is 11.7. The normalized spacial score (nSPS) is 10.3. The number of amides is 1. The summed E-state index contributed by atoms with van der Waals surface area (Å²) in [6, 6.07) is 13.0. The molecule has 2 rings (SSSR count). The predicted molar refractivity (Wildman–Crippen MR) is 105 cm³/mol. The van der Waals surface area contributed by atoms with E-state index in [-0.39, 0.29) is 5.91 Å². The predicted octanol–water partition coefficient (Wildman–Crippen LogP) is 5.12. The summed E-state index contributed by atoms with van der Waals surface area (Å²) in [4.78, 5) is 12.5. The van der Waals surface area contributed by atoms with Crippen LogP contribution in [0.5, 0.6) is 11.5 Å². The minimum absolute atomic E-state index is 0.167. The third-order valence-electron chi connectivity index (χ3n) is 3.38. The van der Waals surface area contributed by atoms with Crippen LogP contribution < -0.4 is 14.8 Å². The van der Waals surface area contributed by atoms with Gasteiger partial charge < -0.3 is 14.8 Å². The molecule has 0 saturated heterocycles. The first kappa shape index (κ1) is 18.6. The molecule has 2 aromatic rings. The van der Waals surface area contributed by atoms with Crippen molar-refractivity contribution in [2.45, 2.75) is 26.7 Å². The van der Waals surface area contributed by atoms with E-state index in [9.17, 15) is 4.79 Å². The second-order valence-electron chi connectivity index (χ2n) is 5.23. The number of para-hydroxylation sites is 1. The van der Waals surface area contributed by atoms with Crippen LogP contribution in [0.1, 0.15) is 37.0 Å². The Balaban J connectivity index is 2.16. The summed E-state index contributed by atoms with van der Waals surface area (Å²) in [6.45, 7) is 5.19. The average molecular weight is 439 g/mol. The maximum absolute atomic E-state index is 12.5. The Bertz CT molecular complexity index is 688. The summed E-state index contributed by atoms with van der Waals surface area (Å²) in [5.74, 6) is 1.11. The number of hydrogen-bond acceptors (Lipinski definition) is 3. The molecule has 0 aliphatic heterocycles. The highest BCUT2D eigenvalue weighted by Gasteiger charge is 2.13. The minimum Gasteiger partial charge on any atom is -0.490 e. The average Bonchev–Trinajstić information content (AvgIpc) is 2.58. The molecule has 0 radical (unpaired) electrons. The van der Waals surface area contributed by atoms with Gasteiger partial charge in [-0.2, -0.15) is 0 Å². The number of unbranched alkanes of at least 4 members (excludes halogenated alkanes) is 1. The monoisotopic (exact) mass is 439 g/mol. The van der Waals surface area contributed by atoms with E-state index in [1.165, 1.54) is 0 Å². The number of halogens is 1. The molecule has 1 N–H and O–H groups in total. The SMILES string of the molecule is CCCCOc1ccc(C(=O)Nc2ccccc2I)cc1OCC. The van der Waals surface area contributed by atoms with Gasteiger partial charge in [0.05, 0.1) is 18.9 Å². The Morgan fingerprint density at radius 1 is 1.08 bits per heavy atom. The zero-order valence-corrected chi connectivity index (χ0v) is 16.1. The molecule has 0 saturated carbocycles. The van der Waals surface area contributed by atoms with E-state index in [1.807, 2.05) is 31.2 Å². The minimum atomic E-state index is -0.167. The molecule has 0 bridgehead atoms. The summed E-state index contributed by atoms with van der Waals surface area (Å²) in [5, 5.41) is 2.92. The number of hydrogen-bond donors (Lipinski definition) is 1. The quantitative estimate of drug-likeness (QED) is 0.459. The number of anilines is 1. The van der Waals surface area contributed by atoms with Crippen molar-refractivity contribution in [1.29, 1.82) is 0 Å². The smallest absolute Gasteiger partial charge is 0.255 e. The standard InChI is InChI=1S/C19H22INO3/c1-3-5-12-24-17-11-10-14(13-18(17)23-4-2)19(22)21-16-9-7-6-8-15(16)20/h6-11,13H,3-5,12H2,1-2H3,(H,21,22). The van der Waals surface area contributed by atoms with Crippen molar-refractivity contribution >= 4 is 34.2 Å². The third kappa shape index (κ3) is 5.12. The highest BCUT2D eigenvalue weighted by atomic mass is 127. The fourth-order valence-electron chi connectivity index (χ4n) is 2.12. The van der Waals surface area contributed by atoms with Gasteiger partial charge in [-0.3, -0.25) is 4.79 Å². The Labute approximate surface area is 156 Å². The van der Waals surface area contributed by atoms with Gasteiger partial charge in [-0.1, -0.05) is 25.5 Å². The van der Waals surface area contributed by atoms with Crippen LogP contribution in [0.15, 0.2) is 42.5 Å². The van der Waals surface area contributed by atoms with E-state index >= 15 is 0 Å². The topological polar surface area (TPSA) is 47.6 Å². The van der Waals surface area contributed by atoms with Gasteiger partial charge in [0.2, 0.25) is 0 Å².